The van der Waals surface area contributed by atoms with E-state index in [0.29, 0.717) is 6.42 Å². The summed E-state index contributed by atoms with van der Waals surface area (Å²) in [5.74, 6) is -3.44. The normalized spacial score (nSPS) is 39.8. The third-order valence-electron chi connectivity index (χ3n) is 2.99. The molecule has 0 aromatic heterocycles. The number of ether oxygens (including phenoxy) is 1. The first kappa shape index (κ1) is 10.0. The van der Waals surface area contributed by atoms with Crippen LogP contribution in [0.2, 0.25) is 0 Å². The Morgan fingerprint density at radius 1 is 1.50 bits per heavy atom. The summed E-state index contributed by atoms with van der Waals surface area (Å²) in [4.78, 5) is 11.5. The van der Waals surface area contributed by atoms with Gasteiger partial charge in [0.1, 0.15) is 6.10 Å². The van der Waals surface area contributed by atoms with Gasteiger partial charge in [-0.25, -0.2) is 8.78 Å². The number of hydrogen-bond donors (Lipinski definition) is 0. The van der Waals surface area contributed by atoms with Gasteiger partial charge in [0, 0.05) is 18.8 Å². The molecule has 1 aliphatic heterocycles. The number of ketones is 1. The Balaban J connectivity index is 1.79. The molecule has 80 valence electrons. The van der Waals surface area contributed by atoms with E-state index in [1.54, 1.807) is 0 Å². The molecule has 1 aliphatic carbocycles. The fourth-order valence-corrected chi connectivity index (χ4v) is 1.90. The maximum Gasteiger partial charge on any atom is 0.252 e. The van der Waals surface area contributed by atoms with Crippen molar-refractivity contribution in [2.75, 3.05) is 0 Å². The zero-order valence-electron chi connectivity index (χ0n) is 8.13. The van der Waals surface area contributed by atoms with Gasteiger partial charge < -0.3 is 4.74 Å². The van der Waals surface area contributed by atoms with Gasteiger partial charge in [0.2, 0.25) is 0 Å². The maximum atomic E-state index is 12.5. The molecular formula is C10H14F2O2. The first-order chi connectivity index (χ1) is 6.49. The number of alkyl halides is 2. The standard InChI is InChI=1S/C10H14F2O2/c1-6-2-3-9(14-6)8(13)4-7-5-10(7,11)12/h6-7,9H,2-5H2,1H3. The molecule has 14 heavy (non-hydrogen) atoms. The van der Waals surface area contributed by atoms with E-state index in [0.717, 1.165) is 6.42 Å². The predicted octanol–water partition coefficient (Wildman–Crippen LogP) is 2.17. The molecule has 0 spiro atoms. The van der Waals surface area contributed by atoms with E-state index in [1.807, 2.05) is 6.92 Å². The lowest BCUT2D eigenvalue weighted by Crippen LogP contribution is -2.21. The number of carbonyl (C=O) groups excluding carboxylic acids is 1. The van der Waals surface area contributed by atoms with Crippen molar-refractivity contribution in [2.24, 2.45) is 5.92 Å². The molecule has 1 saturated carbocycles. The summed E-state index contributed by atoms with van der Waals surface area (Å²) in [6.07, 6.45) is 1.10. The van der Waals surface area contributed by atoms with Crippen LogP contribution in [0.15, 0.2) is 0 Å². The van der Waals surface area contributed by atoms with Crippen molar-refractivity contribution in [1.29, 1.82) is 0 Å². The highest BCUT2D eigenvalue weighted by atomic mass is 19.3. The van der Waals surface area contributed by atoms with Crippen molar-refractivity contribution in [2.45, 2.75) is 50.7 Å². The van der Waals surface area contributed by atoms with Gasteiger partial charge in [-0.1, -0.05) is 0 Å². The van der Waals surface area contributed by atoms with Crippen LogP contribution in [0, 0.1) is 5.92 Å². The van der Waals surface area contributed by atoms with Crippen LogP contribution in [0.1, 0.15) is 32.6 Å². The van der Waals surface area contributed by atoms with Gasteiger partial charge in [-0.05, 0) is 19.8 Å². The number of halogens is 2. The molecule has 1 heterocycles. The first-order valence-corrected chi connectivity index (χ1v) is 5.05. The summed E-state index contributed by atoms with van der Waals surface area (Å²) >= 11 is 0. The SMILES string of the molecule is CC1CCC(C(=O)CC2CC2(F)F)O1. The van der Waals surface area contributed by atoms with Crippen LogP contribution in [-0.4, -0.2) is 23.9 Å². The smallest absolute Gasteiger partial charge is 0.252 e. The van der Waals surface area contributed by atoms with E-state index in [9.17, 15) is 13.6 Å². The summed E-state index contributed by atoms with van der Waals surface area (Å²) in [5, 5.41) is 0. The molecule has 0 amide bonds. The molecule has 0 bridgehead atoms. The van der Waals surface area contributed by atoms with Crippen LogP contribution in [0.5, 0.6) is 0 Å². The second-order valence-electron chi connectivity index (χ2n) is 4.35. The molecular weight excluding hydrogens is 190 g/mol. The van der Waals surface area contributed by atoms with Gasteiger partial charge in [-0.3, -0.25) is 4.79 Å². The minimum absolute atomic E-state index is 0.00954. The minimum atomic E-state index is -2.58. The average molecular weight is 204 g/mol. The highest BCUT2D eigenvalue weighted by Crippen LogP contribution is 2.51. The molecule has 0 aromatic carbocycles. The van der Waals surface area contributed by atoms with Crippen molar-refractivity contribution in [1.82, 2.24) is 0 Å². The van der Waals surface area contributed by atoms with E-state index in [2.05, 4.69) is 0 Å². The average Bonchev–Trinajstić information content (AvgIpc) is 2.52. The summed E-state index contributed by atoms with van der Waals surface area (Å²) in [7, 11) is 0. The molecule has 0 N–H and O–H groups in total. The van der Waals surface area contributed by atoms with Crippen molar-refractivity contribution in [3.05, 3.63) is 0 Å². The van der Waals surface area contributed by atoms with E-state index in [1.165, 1.54) is 0 Å². The monoisotopic (exact) mass is 204 g/mol. The Labute approximate surface area is 81.6 Å². The summed E-state index contributed by atoms with van der Waals surface area (Å²) in [5.41, 5.74) is 0. The van der Waals surface area contributed by atoms with Gasteiger partial charge in [0.15, 0.2) is 5.78 Å². The van der Waals surface area contributed by atoms with Crippen molar-refractivity contribution < 1.29 is 18.3 Å². The fourth-order valence-electron chi connectivity index (χ4n) is 1.90. The number of Topliss-reactive ketones (excluding diaryl/α,β-unsaturated/α-hetero) is 1. The summed E-state index contributed by atoms with van der Waals surface area (Å²) in [6, 6.07) is 0. The highest BCUT2D eigenvalue weighted by molar-refractivity contribution is 5.84. The molecule has 1 saturated heterocycles. The second-order valence-corrected chi connectivity index (χ2v) is 4.35. The van der Waals surface area contributed by atoms with Gasteiger partial charge in [0.25, 0.3) is 5.92 Å². The third kappa shape index (κ3) is 1.95. The van der Waals surface area contributed by atoms with Crippen LogP contribution < -0.4 is 0 Å². The van der Waals surface area contributed by atoms with Crippen molar-refractivity contribution in [3.8, 4) is 0 Å². The second kappa shape index (κ2) is 3.26. The molecule has 2 nitrogen and oxygen atoms in total. The lowest BCUT2D eigenvalue weighted by molar-refractivity contribution is -0.130. The molecule has 3 unspecified atom stereocenters. The summed E-state index contributed by atoms with van der Waals surface area (Å²) in [6.45, 7) is 1.90. The molecule has 0 aromatic rings. The van der Waals surface area contributed by atoms with Gasteiger partial charge >= 0.3 is 0 Å². The maximum absolute atomic E-state index is 12.5. The van der Waals surface area contributed by atoms with Gasteiger partial charge in [-0.15, -0.1) is 0 Å². The lowest BCUT2D eigenvalue weighted by Gasteiger charge is -2.09. The van der Waals surface area contributed by atoms with Crippen LogP contribution >= 0.6 is 0 Å². The number of carbonyl (C=O) groups is 1. The van der Waals surface area contributed by atoms with Crippen LogP contribution in [-0.2, 0) is 9.53 Å². The predicted molar refractivity (Wildman–Crippen MR) is 46.2 cm³/mol. The Morgan fingerprint density at radius 3 is 2.57 bits per heavy atom. The Bertz CT molecular complexity index is 253. The van der Waals surface area contributed by atoms with Crippen molar-refractivity contribution in [3.63, 3.8) is 0 Å². The van der Waals surface area contributed by atoms with Crippen LogP contribution in [0.4, 0.5) is 8.78 Å². The highest BCUT2D eigenvalue weighted by Gasteiger charge is 2.57. The third-order valence-corrected chi connectivity index (χ3v) is 2.99. The molecule has 2 rings (SSSR count). The minimum Gasteiger partial charge on any atom is -0.368 e. The van der Waals surface area contributed by atoms with Crippen LogP contribution in [0.25, 0.3) is 0 Å². The summed E-state index contributed by atoms with van der Waals surface area (Å²) < 4.78 is 30.4. The van der Waals surface area contributed by atoms with E-state index >= 15 is 0 Å². The van der Waals surface area contributed by atoms with E-state index in [4.69, 9.17) is 4.74 Å². The molecule has 3 atom stereocenters. The quantitative estimate of drug-likeness (QED) is 0.704. The van der Waals surface area contributed by atoms with Gasteiger partial charge in [-0.2, -0.15) is 0 Å². The van der Waals surface area contributed by atoms with Crippen LogP contribution in [0.3, 0.4) is 0 Å². The number of hydrogen-bond acceptors (Lipinski definition) is 2. The zero-order valence-corrected chi connectivity index (χ0v) is 8.13. The first-order valence-electron chi connectivity index (χ1n) is 5.05. The Morgan fingerprint density at radius 2 is 2.14 bits per heavy atom. The molecule has 2 fully saturated rings. The molecule has 4 heteroatoms. The molecule has 2 aliphatic rings. The Kier molecular flexibility index (Phi) is 2.33. The number of rotatable bonds is 3. The fraction of sp³-hybridized carbons (Fsp3) is 0.900. The van der Waals surface area contributed by atoms with E-state index < -0.39 is 17.9 Å². The topological polar surface area (TPSA) is 26.3 Å². The lowest BCUT2D eigenvalue weighted by atomic mass is 10.1. The van der Waals surface area contributed by atoms with Gasteiger partial charge in [0.05, 0.1) is 6.10 Å². The van der Waals surface area contributed by atoms with Crippen molar-refractivity contribution >= 4 is 5.78 Å². The largest absolute Gasteiger partial charge is 0.368 e. The Hall–Kier alpha value is -0.510. The zero-order chi connectivity index (χ0) is 10.3. The van der Waals surface area contributed by atoms with E-state index in [-0.39, 0.29) is 24.7 Å². The molecule has 0 radical (unpaired) electrons.